The van der Waals surface area contributed by atoms with Gasteiger partial charge in [-0.2, -0.15) is 0 Å². The molecular weight excluding hydrogens is 380 g/mol. The number of nitrogens with one attached hydrogen (secondary N) is 1. The number of fused-ring (bicyclic) bond motifs is 1. The average molecular weight is 402 g/mol. The lowest BCUT2D eigenvalue weighted by Gasteiger charge is -2.22. The minimum absolute atomic E-state index is 0.0605. The Kier molecular flexibility index (Phi) is 4.82. The molecule has 1 aliphatic rings. The van der Waals surface area contributed by atoms with Gasteiger partial charge in [-0.25, -0.2) is 18.1 Å². The number of imidazole rings is 1. The van der Waals surface area contributed by atoms with E-state index < -0.39 is 10.0 Å². The van der Waals surface area contributed by atoms with Gasteiger partial charge >= 0.3 is 0 Å². The van der Waals surface area contributed by atoms with E-state index >= 15 is 0 Å². The van der Waals surface area contributed by atoms with Crippen LogP contribution in [0.4, 0.5) is 0 Å². The van der Waals surface area contributed by atoms with E-state index in [0.29, 0.717) is 24.4 Å². The predicted octanol–water partition coefficient (Wildman–Crippen LogP) is 1.47. The van der Waals surface area contributed by atoms with Crippen molar-refractivity contribution in [3.05, 3.63) is 52.7 Å². The number of nitrogens with zero attached hydrogens (tertiary/aromatic N) is 3. The Morgan fingerprint density at radius 3 is 2.79 bits per heavy atom. The Hall–Kier alpha value is -2.49. The zero-order valence-corrected chi connectivity index (χ0v) is 16.6. The zero-order chi connectivity index (χ0) is 19.9. The first kappa shape index (κ1) is 18.9. The number of sulfonamides is 1. The first-order valence-corrected chi connectivity index (χ1v) is 10.6. The summed E-state index contributed by atoms with van der Waals surface area (Å²) in [7, 11) is -2.05. The van der Waals surface area contributed by atoms with Crippen molar-refractivity contribution in [3.63, 3.8) is 0 Å². The third-order valence-corrected chi connectivity index (χ3v) is 6.42. The molecule has 4 rings (SSSR count). The molecule has 1 fully saturated rings. The fourth-order valence-electron chi connectivity index (χ4n) is 3.48. The van der Waals surface area contributed by atoms with E-state index in [2.05, 4.69) is 9.71 Å². The maximum atomic E-state index is 12.9. The Labute approximate surface area is 162 Å². The fraction of sp³-hybridized carbons (Fsp3) is 0.368. The van der Waals surface area contributed by atoms with Crippen LogP contribution in [0, 0.1) is 6.92 Å². The smallest absolute Gasteiger partial charge is 0.258 e. The lowest BCUT2D eigenvalue weighted by atomic mass is 10.1. The number of ether oxygens (including phenoxy) is 1. The Morgan fingerprint density at radius 2 is 2.07 bits per heavy atom. The Balaban J connectivity index is 1.75. The van der Waals surface area contributed by atoms with Crippen LogP contribution < -0.4 is 10.3 Å². The monoisotopic (exact) mass is 402 g/mol. The summed E-state index contributed by atoms with van der Waals surface area (Å²) in [6.07, 6.45) is 6.40. The summed E-state index contributed by atoms with van der Waals surface area (Å²) >= 11 is 0. The van der Waals surface area contributed by atoms with Crippen LogP contribution in [0.25, 0.3) is 16.8 Å². The van der Waals surface area contributed by atoms with Crippen LogP contribution in [0.15, 0.2) is 46.6 Å². The highest BCUT2D eigenvalue weighted by Gasteiger charge is 2.25. The van der Waals surface area contributed by atoms with Crippen LogP contribution in [0.2, 0.25) is 0 Å². The molecule has 0 aliphatic carbocycles. The molecule has 0 radical (unpaired) electrons. The maximum Gasteiger partial charge on any atom is 0.258 e. The predicted molar refractivity (Wildman–Crippen MR) is 105 cm³/mol. The van der Waals surface area contributed by atoms with Gasteiger partial charge in [0.1, 0.15) is 5.65 Å². The van der Waals surface area contributed by atoms with Crippen molar-refractivity contribution in [2.24, 2.45) is 7.05 Å². The molecule has 1 atom stereocenters. The van der Waals surface area contributed by atoms with Crippen molar-refractivity contribution in [3.8, 4) is 11.1 Å². The SMILES string of the molecule is Cc1cc(-c2ccc3ncc(S(=O)(=O)NC4CCCOC4)n3c2)cn(C)c1=O. The molecule has 4 heterocycles. The number of hydrogen-bond donors (Lipinski definition) is 1. The second-order valence-corrected chi connectivity index (χ2v) is 8.77. The summed E-state index contributed by atoms with van der Waals surface area (Å²) in [6, 6.07) is 5.18. The molecule has 3 aromatic heterocycles. The van der Waals surface area contributed by atoms with E-state index in [9.17, 15) is 13.2 Å². The van der Waals surface area contributed by atoms with Crippen molar-refractivity contribution in [1.82, 2.24) is 18.7 Å². The standard InChI is InChI=1S/C19H22N4O4S/c1-13-8-15(10-22(2)19(13)24)14-5-6-17-20-9-18(23(17)11-14)28(25,26)21-16-4-3-7-27-12-16/h5-6,8-11,16,21H,3-4,7,12H2,1-2H3. The van der Waals surface area contributed by atoms with Crippen molar-refractivity contribution in [2.45, 2.75) is 30.8 Å². The number of aromatic nitrogens is 3. The molecule has 0 amide bonds. The van der Waals surface area contributed by atoms with E-state index in [-0.39, 0.29) is 16.6 Å². The average Bonchev–Trinajstić information content (AvgIpc) is 3.10. The van der Waals surface area contributed by atoms with Crippen molar-refractivity contribution >= 4 is 15.7 Å². The summed E-state index contributed by atoms with van der Waals surface area (Å²) in [5.41, 5.74) is 2.71. The summed E-state index contributed by atoms with van der Waals surface area (Å²) in [5, 5.41) is 0.0801. The number of rotatable bonds is 4. The molecular formula is C19H22N4O4S. The van der Waals surface area contributed by atoms with E-state index in [0.717, 1.165) is 24.0 Å². The molecule has 8 nitrogen and oxygen atoms in total. The van der Waals surface area contributed by atoms with Gasteiger partial charge in [-0.3, -0.25) is 9.20 Å². The maximum absolute atomic E-state index is 12.9. The summed E-state index contributed by atoms with van der Waals surface area (Å²) in [4.78, 5) is 16.2. The fourth-order valence-corrected chi connectivity index (χ4v) is 4.82. The van der Waals surface area contributed by atoms with Gasteiger partial charge in [0.2, 0.25) is 0 Å². The molecule has 0 spiro atoms. The van der Waals surface area contributed by atoms with Crippen LogP contribution in [-0.4, -0.2) is 41.6 Å². The van der Waals surface area contributed by atoms with E-state index in [1.807, 2.05) is 6.07 Å². The van der Waals surface area contributed by atoms with Crippen molar-refractivity contribution < 1.29 is 13.2 Å². The van der Waals surface area contributed by atoms with Crippen LogP contribution in [0.5, 0.6) is 0 Å². The van der Waals surface area contributed by atoms with E-state index in [4.69, 9.17) is 4.74 Å². The molecule has 0 bridgehead atoms. The first-order chi connectivity index (χ1) is 13.3. The summed E-state index contributed by atoms with van der Waals surface area (Å²) in [6.45, 7) is 2.79. The molecule has 3 aromatic rings. The van der Waals surface area contributed by atoms with Crippen LogP contribution >= 0.6 is 0 Å². The molecule has 1 unspecified atom stereocenters. The molecule has 1 N–H and O–H groups in total. The molecule has 9 heteroatoms. The number of aryl methyl sites for hydroxylation is 2. The first-order valence-electron chi connectivity index (χ1n) is 9.10. The normalized spacial score (nSPS) is 17.9. The van der Waals surface area contributed by atoms with E-state index in [1.165, 1.54) is 10.8 Å². The van der Waals surface area contributed by atoms with Gasteiger partial charge in [0, 0.05) is 37.7 Å². The Bertz CT molecular complexity index is 1160. The van der Waals surface area contributed by atoms with Gasteiger partial charge in [0.25, 0.3) is 15.6 Å². The lowest BCUT2D eigenvalue weighted by Crippen LogP contribution is -2.40. The molecule has 1 saturated heterocycles. The Morgan fingerprint density at radius 1 is 1.25 bits per heavy atom. The lowest BCUT2D eigenvalue weighted by molar-refractivity contribution is 0.0774. The van der Waals surface area contributed by atoms with Crippen LogP contribution in [-0.2, 0) is 21.8 Å². The quantitative estimate of drug-likeness (QED) is 0.713. The largest absolute Gasteiger partial charge is 0.380 e. The number of pyridine rings is 2. The van der Waals surface area contributed by atoms with Gasteiger partial charge < -0.3 is 9.30 Å². The highest BCUT2D eigenvalue weighted by atomic mass is 32.2. The van der Waals surface area contributed by atoms with Crippen LogP contribution in [0.3, 0.4) is 0 Å². The molecule has 0 saturated carbocycles. The van der Waals surface area contributed by atoms with E-state index in [1.54, 1.807) is 42.9 Å². The van der Waals surface area contributed by atoms with Crippen LogP contribution in [0.1, 0.15) is 18.4 Å². The highest BCUT2D eigenvalue weighted by molar-refractivity contribution is 7.89. The highest BCUT2D eigenvalue weighted by Crippen LogP contribution is 2.22. The summed E-state index contributed by atoms with van der Waals surface area (Å²) < 4.78 is 37.0. The minimum Gasteiger partial charge on any atom is -0.380 e. The van der Waals surface area contributed by atoms with Gasteiger partial charge in [0.05, 0.1) is 12.8 Å². The van der Waals surface area contributed by atoms with Crippen molar-refractivity contribution in [1.29, 1.82) is 0 Å². The van der Waals surface area contributed by atoms with Crippen molar-refractivity contribution in [2.75, 3.05) is 13.2 Å². The van der Waals surface area contributed by atoms with Gasteiger partial charge in [-0.15, -0.1) is 0 Å². The second-order valence-electron chi connectivity index (χ2n) is 7.11. The molecule has 1 aliphatic heterocycles. The van der Waals surface area contributed by atoms with Gasteiger partial charge in [0.15, 0.2) is 5.03 Å². The minimum atomic E-state index is -3.75. The zero-order valence-electron chi connectivity index (χ0n) is 15.8. The summed E-state index contributed by atoms with van der Waals surface area (Å²) in [5.74, 6) is 0. The second kappa shape index (κ2) is 7.16. The van der Waals surface area contributed by atoms with Gasteiger partial charge in [-0.1, -0.05) is 0 Å². The van der Waals surface area contributed by atoms with Gasteiger partial charge in [-0.05, 0) is 49.1 Å². The number of hydrogen-bond acceptors (Lipinski definition) is 5. The molecule has 28 heavy (non-hydrogen) atoms. The third-order valence-electron chi connectivity index (χ3n) is 4.92. The third kappa shape index (κ3) is 3.48. The molecule has 148 valence electrons. The topological polar surface area (TPSA) is 94.7 Å². The molecule has 0 aromatic carbocycles.